The van der Waals surface area contributed by atoms with Crippen LogP contribution in [0.25, 0.3) is 0 Å². The molecule has 0 aromatic carbocycles. The van der Waals surface area contributed by atoms with E-state index < -0.39 is 16.1 Å². The molecule has 0 atom stereocenters. The van der Waals surface area contributed by atoms with Crippen molar-refractivity contribution in [3.8, 4) is 0 Å². The zero-order valence-corrected chi connectivity index (χ0v) is 12.6. The fraction of sp³-hybridized carbons (Fsp3) is 1.00. The van der Waals surface area contributed by atoms with Gasteiger partial charge in [-0.1, -0.05) is 0 Å². The number of rotatable bonds is 2. The third kappa shape index (κ3) is 3.96. The first-order valence-corrected chi connectivity index (χ1v) is 12.5. The Morgan fingerprint density at radius 2 is 1.00 bits per heavy atom. The Morgan fingerprint density at radius 1 is 0.800 bits per heavy atom. The molecule has 0 bridgehead atoms. The van der Waals surface area contributed by atoms with Crippen LogP contribution >= 0.6 is 0 Å². The van der Waals surface area contributed by atoms with Crippen LogP contribution in [0, 0.1) is 38.3 Å². The zero-order chi connectivity index (χ0) is 8.58. The van der Waals surface area contributed by atoms with Gasteiger partial charge in [0.15, 0.2) is 0 Å². The number of hydrogen-bond donors (Lipinski definition) is 0. The van der Waals surface area contributed by atoms with Crippen molar-refractivity contribution in [2.45, 2.75) is 40.2 Å². The molecule has 0 aliphatic carbocycles. The molecule has 10 heavy (non-hydrogen) atoms. The summed E-state index contributed by atoms with van der Waals surface area (Å²) < 4.78 is 1.12. The number of hydrogen-bond acceptors (Lipinski definition) is 0. The summed E-state index contributed by atoms with van der Waals surface area (Å²) in [7, 11) is -1.59. The van der Waals surface area contributed by atoms with E-state index in [0.717, 1.165) is 0.879 Å². The Hall–Kier alpha value is 1.77. The van der Waals surface area contributed by atoms with Gasteiger partial charge in [-0.15, -0.1) is 0 Å². The van der Waals surface area contributed by atoms with Crippen LogP contribution in [0.2, 0.25) is 40.2 Å². The average molecular weight is 310 g/mol. The molecular formula is C7H19Si2Sm. The Balaban J connectivity index is 4.23. The van der Waals surface area contributed by atoms with Gasteiger partial charge >= 0.3 is 94.6 Å². The summed E-state index contributed by atoms with van der Waals surface area (Å²) in [6.07, 6.45) is 0. The van der Waals surface area contributed by atoms with Crippen LogP contribution in [0.4, 0.5) is 0 Å². The van der Waals surface area contributed by atoms with Crippen LogP contribution in [-0.4, -0.2) is 16.1 Å². The van der Waals surface area contributed by atoms with Gasteiger partial charge in [-0.2, -0.15) is 0 Å². The van der Waals surface area contributed by atoms with Crippen molar-refractivity contribution in [3.05, 3.63) is 0 Å². The van der Waals surface area contributed by atoms with Gasteiger partial charge in [0.2, 0.25) is 0 Å². The van der Waals surface area contributed by atoms with E-state index in [2.05, 4.69) is 39.3 Å². The summed E-state index contributed by atoms with van der Waals surface area (Å²) in [6, 6.07) is 0. The standard InChI is InChI=1S/C7H19Si2.Sm/c1-8(2,3)7-9(4,5)6;/h7H,1-6H3;. The van der Waals surface area contributed by atoms with Gasteiger partial charge in [0.25, 0.3) is 0 Å². The van der Waals surface area contributed by atoms with Crippen LogP contribution in [0.5, 0.6) is 0 Å². The molecule has 0 unspecified atom stereocenters. The molecule has 0 saturated carbocycles. The first-order chi connectivity index (χ1) is 4.15. The monoisotopic (exact) mass is 311 g/mol. The summed E-state index contributed by atoms with van der Waals surface area (Å²) >= 11 is 1.84. The molecule has 0 amide bonds. The predicted molar refractivity (Wildman–Crippen MR) is 50.4 cm³/mol. The van der Waals surface area contributed by atoms with Gasteiger partial charge in [0.1, 0.15) is 0 Å². The van der Waals surface area contributed by atoms with Gasteiger partial charge in [-0.05, 0) is 0 Å². The quantitative estimate of drug-likeness (QED) is 0.688. The van der Waals surface area contributed by atoms with Gasteiger partial charge in [0, 0.05) is 0 Å². The average Bonchev–Trinajstić information content (AvgIpc) is 1.59. The summed E-state index contributed by atoms with van der Waals surface area (Å²) in [5, 5.41) is 0. The van der Waals surface area contributed by atoms with E-state index in [9.17, 15) is 0 Å². The molecule has 0 aromatic heterocycles. The Morgan fingerprint density at radius 3 is 1.00 bits per heavy atom. The normalized spacial score (nSPS) is 14.3. The van der Waals surface area contributed by atoms with Crippen LogP contribution in [0.3, 0.4) is 0 Å². The first kappa shape index (κ1) is 11.8. The van der Waals surface area contributed by atoms with Crippen molar-refractivity contribution in [2.24, 2.45) is 0 Å². The second-order valence-electron chi connectivity index (χ2n) is 5.11. The Kier molecular flexibility index (Phi) is 4.30. The molecule has 0 aliphatic rings. The molecular weight excluding hydrogens is 291 g/mol. The molecule has 61 valence electrons. The maximum absolute atomic E-state index is 2.50. The van der Waals surface area contributed by atoms with Crippen LogP contribution < -0.4 is 0 Å². The fourth-order valence-corrected chi connectivity index (χ4v) is 11.7. The van der Waals surface area contributed by atoms with Crippen LogP contribution in [0.15, 0.2) is 0 Å². The summed E-state index contributed by atoms with van der Waals surface area (Å²) in [4.78, 5) is 0. The van der Waals surface area contributed by atoms with Crippen molar-refractivity contribution < 1.29 is 38.3 Å². The van der Waals surface area contributed by atoms with Crippen molar-refractivity contribution in [1.82, 2.24) is 0 Å². The van der Waals surface area contributed by atoms with E-state index in [1.807, 2.05) is 38.3 Å². The van der Waals surface area contributed by atoms with Gasteiger partial charge in [-0.25, -0.2) is 0 Å². The molecule has 0 aliphatic heterocycles. The first-order valence-electron chi connectivity index (χ1n) is 3.81. The molecule has 0 spiro atoms. The summed E-state index contributed by atoms with van der Waals surface area (Å²) in [5.41, 5.74) is 0. The van der Waals surface area contributed by atoms with Crippen molar-refractivity contribution in [2.75, 3.05) is 0 Å². The molecule has 0 N–H and O–H groups in total. The molecule has 0 fully saturated rings. The van der Waals surface area contributed by atoms with E-state index in [0.29, 0.717) is 0 Å². The minimum absolute atomic E-state index is 0.797. The van der Waals surface area contributed by atoms with Gasteiger partial charge < -0.3 is 0 Å². The molecule has 0 nitrogen and oxygen atoms in total. The van der Waals surface area contributed by atoms with E-state index >= 15 is 0 Å². The third-order valence-corrected chi connectivity index (χ3v) is 23.5. The summed E-state index contributed by atoms with van der Waals surface area (Å²) in [5.74, 6) is 0. The molecule has 3 heteroatoms. The van der Waals surface area contributed by atoms with Crippen molar-refractivity contribution in [3.63, 3.8) is 0 Å². The summed E-state index contributed by atoms with van der Waals surface area (Å²) in [6.45, 7) is 15.0. The van der Waals surface area contributed by atoms with Crippen molar-refractivity contribution >= 4 is 16.1 Å². The topological polar surface area (TPSA) is 0 Å². The molecule has 0 saturated heterocycles. The second-order valence-corrected chi connectivity index (χ2v) is 20.7. The van der Waals surface area contributed by atoms with E-state index in [4.69, 9.17) is 0 Å². The maximum atomic E-state index is 2.50. The fourth-order valence-electron chi connectivity index (χ4n) is 1.30. The van der Waals surface area contributed by atoms with Gasteiger partial charge in [-0.3, -0.25) is 0 Å². The second kappa shape index (κ2) is 3.66. The molecule has 0 radical (unpaired) electrons. The van der Waals surface area contributed by atoms with E-state index in [1.54, 1.807) is 0 Å². The van der Waals surface area contributed by atoms with Gasteiger partial charge in [0.05, 0.1) is 0 Å². The molecule has 0 heterocycles. The Labute approximate surface area is 93.5 Å². The minimum atomic E-state index is -0.797. The van der Waals surface area contributed by atoms with E-state index in [1.165, 1.54) is 0 Å². The van der Waals surface area contributed by atoms with E-state index in [-0.39, 0.29) is 0 Å². The zero-order valence-electron chi connectivity index (χ0n) is 7.99. The van der Waals surface area contributed by atoms with Crippen LogP contribution in [-0.2, 0) is 0 Å². The SMILES string of the molecule is C[Si](C)(C)[CH]([Sm])[Si](C)(C)C. The molecule has 0 aromatic rings. The third-order valence-electron chi connectivity index (χ3n) is 1.57. The van der Waals surface area contributed by atoms with Crippen LogP contribution in [0.1, 0.15) is 0 Å². The molecule has 0 rings (SSSR count). The van der Waals surface area contributed by atoms with Crippen molar-refractivity contribution in [1.29, 1.82) is 0 Å². The predicted octanol–water partition coefficient (Wildman–Crippen LogP) is 3.08. The Bertz CT molecular complexity index is 95.8.